The van der Waals surface area contributed by atoms with E-state index in [1.807, 2.05) is 37.0 Å². The van der Waals surface area contributed by atoms with E-state index in [4.69, 9.17) is 16.3 Å². The van der Waals surface area contributed by atoms with Gasteiger partial charge in [0.25, 0.3) is 0 Å². The number of fused-ring (bicyclic) bond motifs is 1. The van der Waals surface area contributed by atoms with E-state index in [1.165, 1.54) is 5.57 Å². The minimum Gasteiger partial charge on any atom is -0.377 e. The number of nitrogens with zero attached hydrogens (tertiary/aromatic N) is 3. The molecule has 1 aliphatic rings. The van der Waals surface area contributed by atoms with Crippen molar-refractivity contribution in [3.05, 3.63) is 52.8 Å². The first kappa shape index (κ1) is 15.4. The van der Waals surface area contributed by atoms with Gasteiger partial charge in [0.2, 0.25) is 0 Å². The van der Waals surface area contributed by atoms with E-state index in [1.54, 1.807) is 0 Å². The summed E-state index contributed by atoms with van der Waals surface area (Å²) in [6.45, 7) is 3.35. The Balaban J connectivity index is 2.01. The van der Waals surface area contributed by atoms with Gasteiger partial charge >= 0.3 is 0 Å². The largest absolute Gasteiger partial charge is 0.377 e. The molecule has 4 rings (SSSR count). The van der Waals surface area contributed by atoms with Crippen LogP contribution in [-0.2, 0) is 11.8 Å². The number of halogens is 1. The van der Waals surface area contributed by atoms with Gasteiger partial charge in [-0.15, -0.1) is 0 Å². The second-order valence-electron chi connectivity index (χ2n) is 6.09. The molecule has 5 heteroatoms. The first-order valence-electron chi connectivity index (χ1n) is 8.00. The maximum absolute atomic E-state index is 6.47. The number of hydrogen-bond acceptors (Lipinski definition) is 3. The molecule has 122 valence electrons. The molecule has 1 aliphatic heterocycles. The van der Waals surface area contributed by atoms with Crippen LogP contribution in [0.15, 0.2) is 36.5 Å². The predicted octanol–water partition coefficient (Wildman–Crippen LogP) is 4.40. The second kappa shape index (κ2) is 6.04. The third-order valence-corrected chi connectivity index (χ3v) is 4.64. The van der Waals surface area contributed by atoms with Gasteiger partial charge in [0.1, 0.15) is 0 Å². The summed E-state index contributed by atoms with van der Waals surface area (Å²) in [7, 11) is 1.93. The molecule has 4 nitrogen and oxygen atoms in total. The van der Waals surface area contributed by atoms with E-state index >= 15 is 0 Å². The average Bonchev–Trinajstić information content (AvgIpc) is 3.01. The van der Waals surface area contributed by atoms with Crippen LogP contribution < -0.4 is 0 Å². The highest BCUT2D eigenvalue weighted by molar-refractivity contribution is 6.35. The number of aryl methyl sites for hydroxylation is 2. The van der Waals surface area contributed by atoms with Gasteiger partial charge < -0.3 is 4.74 Å². The van der Waals surface area contributed by atoms with Crippen molar-refractivity contribution in [2.75, 3.05) is 13.2 Å². The number of pyridine rings is 1. The van der Waals surface area contributed by atoms with Crippen molar-refractivity contribution in [3.8, 4) is 11.3 Å². The highest BCUT2D eigenvalue weighted by Gasteiger charge is 2.17. The third kappa shape index (κ3) is 2.72. The Morgan fingerprint density at radius 3 is 2.79 bits per heavy atom. The standard InChI is InChI=1S/C19H18ClN3O/c1-12-9-17(20)16-10-14(13-4-7-24-8-5-13)15(11-19(16)21-12)18-3-6-23(2)22-18/h3-4,6,9-11H,5,7-8H2,1-2H3. The highest BCUT2D eigenvalue weighted by Crippen LogP contribution is 2.36. The zero-order valence-electron chi connectivity index (χ0n) is 13.7. The lowest BCUT2D eigenvalue weighted by Gasteiger charge is -2.18. The summed E-state index contributed by atoms with van der Waals surface area (Å²) in [5, 5.41) is 6.30. The molecule has 0 N–H and O–H groups in total. The number of benzene rings is 1. The maximum atomic E-state index is 6.47. The molecule has 0 fully saturated rings. The van der Waals surface area contributed by atoms with Crippen LogP contribution in [0.4, 0.5) is 0 Å². The fourth-order valence-corrected chi connectivity index (χ4v) is 3.47. The van der Waals surface area contributed by atoms with Crippen molar-refractivity contribution in [2.24, 2.45) is 7.05 Å². The number of ether oxygens (including phenoxy) is 1. The highest BCUT2D eigenvalue weighted by atomic mass is 35.5. The van der Waals surface area contributed by atoms with Crippen LogP contribution in [0.25, 0.3) is 27.7 Å². The van der Waals surface area contributed by atoms with Crippen molar-refractivity contribution in [2.45, 2.75) is 13.3 Å². The molecule has 2 aromatic heterocycles. The van der Waals surface area contributed by atoms with Gasteiger partial charge in [0, 0.05) is 29.9 Å². The van der Waals surface area contributed by atoms with E-state index in [0.29, 0.717) is 6.61 Å². The predicted molar refractivity (Wildman–Crippen MR) is 97.1 cm³/mol. The molecule has 3 aromatic rings. The molecule has 0 atom stereocenters. The molecule has 0 spiro atoms. The van der Waals surface area contributed by atoms with Crippen LogP contribution in [0, 0.1) is 6.92 Å². The van der Waals surface area contributed by atoms with Crippen molar-refractivity contribution in [3.63, 3.8) is 0 Å². The van der Waals surface area contributed by atoms with Crippen LogP contribution >= 0.6 is 11.6 Å². The lowest BCUT2D eigenvalue weighted by molar-refractivity contribution is 0.161. The minimum absolute atomic E-state index is 0.648. The summed E-state index contributed by atoms with van der Waals surface area (Å²) in [6.07, 6.45) is 4.99. The van der Waals surface area contributed by atoms with Crippen molar-refractivity contribution < 1.29 is 4.74 Å². The van der Waals surface area contributed by atoms with Gasteiger partial charge in [0.15, 0.2) is 0 Å². The molecule has 1 aromatic carbocycles. The molecular weight excluding hydrogens is 322 g/mol. The molecule has 0 saturated carbocycles. The van der Waals surface area contributed by atoms with Crippen LogP contribution in [-0.4, -0.2) is 28.0 Å². The monoisotopic (exact) mass is 339 g/mol. The summed E-state index contributed by atoms with van der Waals surface area (Å²) in [5.74, 6) is 0. The molecule has 0 bridgehead atoms. The fraction of sp³-hybridized carbons (Fsp3) is 0.263. The van der Waals surface area contributed by atoms with Crippen LogP contribution in [0.3, 0.4) is 0 Å². The number of rotatable bonds is 2. The SMILES string of the molecule is Cc1cc(Cl)c2cc(C3=CCOCC3)c(-c3ccn(C)n3)cc2n1. The van der Waals surface area contributed by atoms with Crippen LogP contribution in [0.2, 0.25) is 5.02 Å². The lowest BCUT2D eigenvalue weighted by atomic mass is 9.93. The smallest absolute Gasteiger partial charge is 0.0929 e. The third-order valence-electron chi connectivity index (χ3n) is 4.32. The quantitative estimate of drug-likeness (QED) is 0.694. The van der Waals surface area contributed by atoms with Gasteiger partial charge in [-0.2, -0.15) is 5.10 Å². The Hall–Kier alpha value is -2.17. The van der Waals surface area contributed by atoms with E-state index in [-0.39, 0.29) is 0 Å². The Morgan fingerprint density at radius 2 is 2.08 bits per heavy atom. The number of hydrogen-bond donors (Lipinski definition) is 0. The normalized spacial score (nSPS) is 14.9. The van der Waals surface area contributed by atoms with E-state index in [2.05, 4.69) is 28.3 Å². The van der Waals surface area contributed by atoms with Crippen LogP contribution in [0.1, 0.15) is 17.7 Å². The van der Waals surface area contributed by atoms with Gasteiger partial charge in [0.05, 0.1) is 29.4 Å². The van der Waals surface area contributed by atoms with Gasteiger partial charge in [-0.3, -0.25) is 9.67 Å². The first-order valence-corrected chi connectivity index (χ1v) is 8.38. The molecule has 0 unspecified atom stereocenters. The van der Waals surface area contributed by atoms with Gasteiger partial charge in [-0.1, -0.05) is 17.7 Å². The molecule has 24 heavy (non-hydrogen) atoms. The van der Waals surface area contributed by atoms with E-state index in [9.17, 15) is 0 Å². The minimum atomic E-state index is 0.648. The fourth-order valence-electron chi connectivity index (χ4n) is 3.16. The van der Waals surface area contributed by atoms with Crippen molar-refractivity contribution in [1.29, 1.82) is 0 Å². The summed E-state index contributed by atoms with van der Waals surface area (Å²) in [4.78, 5) is 4.65. The summed E-state index contributed by atoms with van der Waals surface area (Å²) >= 11 is 6.47. The van der Waals surface area contributed by atoms with Crippen molar-refractivity contribution in [1.82, 2.24) is 14.8 Å². The van der Waals surface area contributed by atoms with Crippen LogP contribution in [0.5, 0.6) is 0 Å². The summed E-state index contributed by atoms with van der Waals surface area (Å²) in [6, 6.07) is 8.18. The molecule has 0 amide bonds. The lowest BCUT2D eigenvalue weighted by Crippen LogP contribution is -2.05. The molecule has 0 aliphatic carbocycles. The Morgan fingerprint density at radius 1 is 1.21 bits per heavy atom. The average molecular weight is 340 g/mol. The van der Waals surface area contributed by atoms with Gasteiger partial charge in [-0.05, 0) is 48.7 Å². The zero-order chi connectivity index (χ0) is 16.7. The Labute approximate surface area is 145 Å². The Bertz CT molecular complexity index is 959. The maximum Gasteiger partial charge on any atom is 0.0929 e. The van der Waals surface area contributed by atoms with E-state index < -0.39 is 0 Å². The Kier molecular flexibility index (Phi) is 3.87. The van der Waals surface area contributed by atoms with Crippen molar-refractivity contribution >= 4 is 28.1 Å². The zero-order valence-corrected chi connectivity index (χ0v) is 14.5. The topological polar surface area (TPSA) is 39.9 Å². The molecule has 0 saturated heterocycles. The molecule has 3 heterocycles. The summed E-state index contributed by atoms with van der Waals surface area (Å²) < 4.78 is 7.28. The summed E-state index contributed by atoms with van der Waals surface area (Å²) in [5.41, 5.74) is 6.29. The number of aromatic nitrogens is 3. The molecule has 0 radical (unpaired) electrons. The first-order chi connectivity index (χ1) is 11.6. The van der Waals surface area contributed by atoms with Gasteiger partial charge in [-0.25, -0.2) is 0 Å². The molecular formula is C19H18ClN3O. The van der Waals surface area contributed by atoms with E-state index in [0.717, 1.165) is 51.5 Å². The second-order valence-corrected chi connectivity index (χ2v) is 6.50.